The quantitative estimate of drug-likeness (QED) is 0.248. The van der Waals surface area contributed by atoms with Crippen LogP contribution in [0.5, 0.6) is 0 Å². The largest absolute Gasteiger partial charge is 0.297 e. The van der Waals surface area contributed by atoms with Crippen molar-refractivity contribution >= 4 is 23.1 Å². The average Bonchev–Trinajstić information content (AvgIpc) is 2.79. The Morgan fingerprint density at radius 1 is 0.645 bits per heavy atom. The standard InChI is InChI=1S/C18H10N8O4S/c27-25(28)13-3-1-7-19-15(13)11-5-9-21-17(23-11)31-18-22-10-6-12(24-18)16-14(26(29)30)4-2-8-20-16/h1-10H. The number of nitrogens with zero attached hydrogens (tertiary/aromatic N) is 8. The van der Waals surface area contributed by atoms with Gasteiger partial charge in [0.2, 0.25) is 0 Å². The van der Waals surface area contributed by atoms with Crippen LogP contribution in [-0.2, 0) is 0 Å². The summed E-state index contributed by atoms with van der Waals surface area (Å²) in [4.78, 5) is 46.4. The molecule has 0 fully saturated rings. The van der Waals surface area contributed by atoms with E-state index in [-0.39, 0.29) is 44.5 Å². The van der Waals surface area contributed by atoms with Crippen LogP contribution in [0.15, 0.2) is 71.5 Å². The first-order chi connectivity index (χ1) is 15.0. The van der Waals surface area contributed by atoms with Crippen molar-refractivity contribution in [3.05, 3.63) is 81.4 Å². The van der Waals surface area contributed by atoms with Crippen molar-refractivity contribution in [2.45, 2.75) is 10.3 Å². The minimum Gasteiger partial charge on any atom is -0.258 e. The topological polar surface area (TPSA) is 164 Å². The van der Waals surface area contributed by atoms with Gasteiger partial charge < -0.3 is 0 Å². The summed E-state index contributed by atoms with van der Waals surface area (Å²) in [5, 5.41) is 23.0. The average molecular weight is 434 g/mol. The highest BCUT2D eigenvalue weighted by molar-refractivity contribution is 7.99. The van der Waals surface area contributed by atoms with Crippen LogP contribution >= 0.6 is 11.8 Å². The summed E-state index contributed by atoms with van der Waals surface area (Å²) in [5.74, 6) is 0. The van der Waals surface area contributed by atoms with Gasteiger partial charge in [0.05, 0.1) is 9.85 Å². The molecule has 0 bridgehead atoms. The van der Waals surface area contributed by atoms with Crippen molar-refractivity contribution in [1.29, 1.82) is 0 Å². The van der Waals surface area contributed by atoms with Gasteiger partial charge in [-0.25, -0.2) is 29.9 Å². The van der Waals surface area contributed by atoms with Gasteiger partial charge in [-0.3, -0.25) is 20.2 Å². The second-order valence-corrected chi connectivity index (χ2v) is 6.74. The highest BCUT2D eigenvalue weighted by Gasteiger charge is 2.20. The second-order valence-electron chi connectivity index (χ2n) is 5.81. The van der Waals surface area contributed by atoms with Crippen LogP contribution in [0.3, 0.4) is 0 Å². The van der Waals surface area contributed by atoms with Gasteiger partial charge in [0, 0.05) is 36.9 Å². The Morgan fingerprint density at radius 2 is 1.10 bits per heavy atom. The lowest BCUT2D eigenvalue weighted by molar-refractivity contribution is -0.384. The molecule has 0 aliphatic heterocycles. The number of pyridine rings is 2. The molecule has 4 aromatic heterocycles. The third kappa shape index (κ3) is 4.30. The summed E-state index contributed by atoms with van der Waals surface area (Å²) in [6.45, 7) is 0. The molecule has 4 heterocycles. The van der Waals surface area contributed by atoms with E-state index in [4.69, 9.17) is 0 Å². The number of hydrogen-bond donors (Lipinski definition) is 0. The Bertz CT molecular complexity index is 1200. The molecule has 0 unspecified atom stereocenters. The van der Waals surface area contributed by atoms with Crippen molar-refractivity contribution < 1.29 is 9.85 Å². The molecule has 0 amide bonds. The van der Waals surface area contributed by atoms with Gasteiger partial charge in [0.15, 0.2) is 21.7 Å². The van der Waals surface area contributed by atoms with Crippen LogP contribution in [0.25, 0.3) is 22.8 Å². The molecule has 0 aliphatic carbocycles. The molecule has 12 nitrogen and oxygen atoms in total. The summed E-state index contributed by atoms with van der Waals surface area (Å²) in [6.07, 6.45) is 5.75. The number of nitro groups is 2. The summed E-state index contributed by atoms with van der Waals surface area (Å²) in [7, 11) is 0. The van der Waals surface area contributed by atoms with E-state index in [1.165, 1.54) is 61.2 Å². The molecule has 0 saturated carbocycles. The molecule has 4 aromatic rings. The highest BCUT2D eigenvalue weighted by atomic mass is 32.2. The van der Waals surface area contributed by atoms with E-state index in [9.17, 15) is 20.2 Å². The molecule has 13 heteroatoms. The third-order valence-corrected chi connectivity index (χ3v) is 4.66. The fourth-order valence-electron chi connectivity index (χ4n) is 2.61. The zero-order valence-corrected chi connectivity index (χ0v) is 16.2. The molecule has 0 aromatic carbocycles. The molecule has 0 radical (unpaired) electrons. The van der Waals surface area contributed by atoms with Gasteiger partial charge in [0.1, 0.15) is 11.4 Å². The first-order valence-corrected chi connectivity index (χ1v) is 9.38. The molecule has 0 atom stereocenters. The van der Waals surface area contributed by atoms with Crippen LogP contribution in [0.4, 0.5) is 11.4 Å². The molecule has 0 N–H and O–H groups in total. The second kappa shape index (κ2) is 8.54. The van der Waals surface area contributed by atoms with Gasteiger partial charge in [-0.05, 0) is 36.0 Å². The van der Waals surface area contributed by atoms with E-state index in [1.807, 2.05) is 0 Å². The van der Waals surface area contributed by atoms with Gasteiger partial charge in [-0.2, -0.15) is 0 Å². The molecule has 152 valence electrons. The normalized spacial score (nSPS) is 10.6. The molecule has 0 spiro atoms. The number of rotatable bonds is 6. The predicted molar refractivity (Wildman–Crippen MR) is 108 cm³/mol. The van der Waals surface area contributed by atoms with E-state index in [2.05, 4.69) is 29.9 Å². The Kier molecular flexibility index (Phi) is 5.49. The zero-order valence-electron chi connectivity index (χ0n) is 15.4. The maximum Gasteiger partial charge on any atom is 0.297 e. The van der Waals surface area contributed by atoms with Crippen LogP contribution < -0.4 is 0 Å². The summed E-state index contributed by atoms with van der Waals surface area (Å²) < 4.78 is 0. The fraction of sp³-hybridized carbons (Fsp3) is 0. The predicted octanol–water partition coefficient (Wildman–Crippen LogP) is 3.36. The minimum absolute atomic E-state index is 0.107. The summed E-state index contributed by atoms with van der Waals surface area (Å²) in [5.41, 5.74) is 0.379. The molecular formula is C18H10N8O4S. The lowest BCUT2D eigenvalue weighted by Gasteiger charge is -2.05. The Hall–Kier alpha value is -4.39. The lowest BCUT2D eigenvalue weighted by atomic mass is 10.2. The van der Waals surface area contributed by atoms with Gasteiger partial charge in [-0.15, -0.1) is 0 Å². The van der Waals surface area contributed by atoms with Crippen LogP contribution in [-0.4, -0.2) is 39.8 Å². The SMILES string of the molecule is O=[N+]([O-])c1cccnc1-c1ccnc(Sc2nccc(-c3ncccc3[N+](=O)[O-])n2)n1. The highest BCUT2D eigenvalue weighted by Crippen LogP contribution is 2.30. The molecular weight excluding hydrogens is 424 g/mol. The maximum absolute atomic E-state index is 11.3. The van der Waals surface area contributed by atoms with E-state index < -0.39 is 9.85 Å². The molecule has 0 saturated heterocycles. The Balaban J connectivity index is 1.67. The first-order valence-electron chi connectivity index (χ1n) is 8.56. The molecule has 31 heavy (non-hydrogen) atoms. The van der Waals surface area contributed by atoms with E-state index in [1.54, 1.807) is 0 Å². The Morgan fingerprint density at radius 3 is 1.52 bits per heavy atom. The van der Waals surface area contributed by atoms with Crippen LogP contribution in [0.1, 0.15) is 0 Å². The fourth-order valence-corrected chi connectivity index (χ4v) is 3.29. The Labute approximate surface area is 177 Å². The van der Waals surface area contributed by atoms with Gasteiger partial charge in [0.25, 0.3) is 11.4 Å². The van der Waals surface area contributed by atoms with Gasteiger partial charge in [-0.1, -0.05) is 0 Å². The van der Waals surface area contributed by atoms with Crippen molar-refractivity contribution in [1.82, 2.24) is 29.9 Å². The van der Waals surface area contributed by atoms with Crippen molar-refractivity contribution in [2.75, 3.05) is 0 Å². The van der Waals surface area contributed by atoms with Crippen LogP contribution in [0, 0.1) is 20.2 Å². The van der Waals surface area contributed by atoms with E-state index >= 15 is 0 Å². The summed E-state index contributed by atoms with van der Waals surface area (Å²) in [6, 6.07) is 8.62. The molecule has 0 aliphatic rings. The third-order valence-electron chi connectivity index (χ3n) is 3.90. The lowest BCUT2D eigenvalue weighted by Crippen LogP contribution is -1.99. The van der Waals surface area contributed by atoms with Gasteiger partial charge >= 0.3 is 0 Å². The summed E-state index contributed by atoms with van der Waals surface area (Å²) >= 11 is 0.994. The van der Waals surface area contributed by atoms with Crippen molar-refractivity contribution in [3.63, 3.8) is 0 Å². The van der Waals surface area contributed by atoms with E-state index in [0.717, 1.165) is 11.8 Å². The van der Waals surface area contributed by atoms with E-state index in [0.29, 0.717) is 0 Å². The molecule has 4 rings (SSSR count). The monoisotopic (exact) mass is 434 g/mol. The van der Waals surface area contributed by atoms with Crippen molar-refractivity contribution in [2.24, 2.45) is 0 Å². The number of hydrogen-bond acceptors (Lipinski definition) is 11. The first kappa shape index (κ1) is 19.9. The smallest absolute Gasteiger partial charge is 0.258 e. The van der Waals surface area contributed by atoms with Crippen LogP contribution in [0.2, 0.25) is 0 Å². The zero-order chi connectivity index (χ0) is 21.8. The minimum atomic E-state index is -0.538. The number of aromatic nitrogens is 6. The van der Waals surface area contributed by atoms with Crippen molar-refractivity contribution in [3.8, 4) is 22.8 Å². The maximum atomic E-state index is 11.3.